The van der Waals surface area contributed by atoms with Gasteiger partial charge >= 0.3 is 0 Å². The van der Waals surface area contributed by atoms with Crippen LogP contribution in [-0.4, -0.2) is 72.9 Å². The first-order valence-corrected chi connectivity index (χ1v) is 16.3. The highest BCUT2D eigenvalue weighted by Gasteiger charge is 2.36. The lowest BCUT2D eigenvalue weighted by atomic mass is 9.80. The summed E-state index contributed by atoms with van der Waals surface area (Å²) >= 11 is 0. The van der Waals surface area contributed by atoms with Crippen LogP contribution in [0.4, 0.5) is 0 Å². The summed E-state index contributed by atoms with van der Waals surface area (Å²) in [6, 6.07) is 17.1. The molecule has 244 valence electrons. The molecule has 2 aliphatic heterocycles. The predicted octanol–water partition coefficient (Wildman–Crippen LogP) is 4.19. The highest BCUT2D eigenvalue weighted by molar-refractivity contribution is 5.92. The maximum Gasteiger partial charge on any atom is 0.248 e. The second kappa shape index (κ2) is 15.4. The summed E-state index contributed by atoms with van der Waals surface area (Å²) in [5.74, 6) is 0.942. The Kier molecular flexibility index (Phi) is 11.7. The largest absolute Gasteiger partial charge is 0.497 e. The van der Waals surface area contributed by atoms with Crippen molar-refractivity contribution in [1.82, 2.24) is 20.4 Å². The first kappa shape index (κ1) is 34.0. The third-order valence-electron chi connectivity index (χ3n) is 9.10. The lowest BCUT2D eigenvalue weighted by Gasteiger charge is -2.38. The number of nitrogens with two attached hydrogens (primary N) is 1. The fraction of sp³-hybridized carbons (Fsp3) is 0.528. The number of amides is 3. The van der Waals surface area contributed by atoms with Gasteiger partial charge in [-0.15, -0.1) is 0 Å². The standard InChI is InChI=1S/C36H51N5O4/c1-25-18-22-41(23-19-25)34(43)32(27-14-16-29(45-5)17-15-27)28-20-21-40(4)31(24-28)39-33(42)30(38-35(44)36(2,3)37)13-9-12-26-10-7-6-8-11-26/h6-8,10-11,14-17,24-25,28,30,32H,9,12-13,18-23,37H2,1-5H3,(H,38,44)(H,39,42)/t28?,30-,32?/m1/s1. The number of carbonyl (C=O) groups excluding carboxylic acids is 3. The van der Waals surface area contributed by atoms with Crippen LogP contribution in [-0.2, 0) is 20.8 Å². The summed E-state index contributed by atoms with van der Waals surface area (Å²) < 4.78 is 5.38. The van der Waals surface area contributed by atoms with Crippen molar-refractivity contribution < 1.29 is 19.1 Å². The highest BCUT2D eigenvalue weighted by atomic mass is 16.5. The summed E-state index contributed by atoms with van der Waals surface area (Å²) in [6.45, 7) is 7.69. The zero-order valence-corrected chi connectivity index (χ0v) is 27.6. The molecule has 0 aromatic heterocycles. The number of benzene rings is 2. The lowest BCUT2D eigenvalue weighted by Crippen LogP contribution is -2.56. The van der Waals surface area contributed by atoms with Gasteiger partial charge < -0.3 is 30.9 Å². The van der Waals surface area contributed by atoms with Gasteiger partial charge in [-0.25, -0.2) is 0 Å². The molecule has 4 rings (SSSR count). The average Bonchev–Trinajstić information content (AvgIpc) is 3.02. The van der Waals surface area contributed by atoms with Gasteiger partial charge in [0.05, 0.1) is 18.6 Å². The lowest BCUT2D eigenvalue weighted by molar-refractivity contribution is -0.135. The molecule has 1 fully saturated rings. The topological polar surface area (TPSA) is 117 Å². The molecule has 2 aliphatic rings. The van der Waals surface area contributed by atoms with E-state index < -0.39 is 11.6 Å². The number of ether oxygens (including phenoxy) is 1. The van der Waals surface area contributed by atoms with E-state index in [4.69, 9.17) is 10.5 Å². The fourth-order valence-electron chi connectivity index (χ4n) is 6.07. The third kappa shape index (κ3) is 9.33. The minimum absolute atomic E-state index is 0.120. The quantitative estimate of drug-likeness (QED) is 0.329. The second-order valence-electron chi connectivity index (χ2n) is 13.3. The van der Waals surface area contributed by atoms with E-state index in [1.54, 1.807) is 21.0 Å². The van der Waals surface area contributed by atoms with Crippen LogP contribution < -0.4 is 21.1 Å². The highest BCUT2D eigenvalue weighted by Crippen LogP contribution is 2.35. The smallest absolute Gasteiger partial charge is 0.248 e. The average molecular weight is 618 g/mol. The molecule has 3 amide bonds. The molecular formula is C36H51N5O4. The molecule has 2 heterocycles. The van der Waals surface area contributed by atoms with Gasteiger partial charge in [0.25, 0.3) is 0 Å². The van der Waals surface area contributed by atoms with E-state index in [1.807, 2.05) is 65.4 Å². The number of piperidine rings is 1. The monoisotopic (exact) mass is 617 g/mol. The first-order chi connectivity index (χ1) is 21.5. The number of hydrogen-bond acceptors (Lipinski definition) is 6. The third-order valence-corrected chi connectivity index (χ3v) is 9.10. The van der Waals surface area contributed by atoms with Crippen molar-refractivity contribution in [3.8, 4) is 5.75 Å². The summed E-state index contributed by atoms with van der Waals surface area (Å²) in [5, 5.41) is 5.99. The van der Waals surface area contributed by atoms with Crippen molar-refractivity contribution in [2.45, 2.75) is 76.8 Å². The van der Waals surface area contributed by atoms with Crippen LogP contribution in [0.25, 0.3) is 0 Å². The van der Waals surface area contributed by atoms with E-state index in [-0.39, 0.29) is 29.6 Å². The van der Waals surface area contributed by atoms with Gasteiger partial charge in [-0.2, -0.15) is 0 Å². The van der Waals surface area contributed by atoms with E-state index >= 15 is 0 Å². The molecule has 1 saturated heterocycles. The van der Waals surface area contributed by atoms with Gasteiger partial charge in [0, 0.05) is 26.7 Å². The van der Waals surface area contributed by atoms with Gasteiger partial charge in [0.2, 0.25) is 17.7 Å². The number of nitrogens with zero attached hydrogens (tertiary/aromatic N) is 2. The number of likely N-dealkylation sites (tertiary alicyclic amines) is 1. The molecule has 2 aromatic carbocycles. The predicted molar refractivity (Wildman–Crippen MR) is 177 cm³/mol. The van der Waals surface area contributed by atoms with E-state index in [9.17, 15) is 14.4 Å². The zero-order chi connectivity index (χ0) is 32.6. The number of methoxy groups -OCH3 is 1. The molecule has 4 N–H and O–H groups in total. The van der Waals surface area contributed by atoms with E-state index in [1.165, 1.54) is 5.56 Å². The Bertz CT molecular complexity index is 1310. The maximum atomic E-state index is 14.1. The summed E-state index contributed by atoms with van der Waals surface area (Å²) in [7, 11) is 3.57. The second-order valence-corrected chi connectivity index (χ2v) is 13.3. The van der Waals surface area contributed by atoms with Crippen molar-refractivity contribution in [2.75, 3.05) is 33.8 Å². The Hall–Kier alpha value is -3.85. The van der Waals surface area contributed by atoms with E-state index in [2.05, 4.69) is 29.7 Å². The normalized spacial score (nSPS) is 18.9. The van der Waals surface area contributed by atoms with Crippen molar-refractivity contribution in [3.63, 3.8) is 0 Å². The minimum atomic E-state index is -1.12. The number of carbonyl (C=O) groups is 3. The van der Waals surface area contributed by atoms with Crippen molar-refractivity contribution in [3.05, 3.63) is 77.6 Å². The summed E-state index contributed by atoms with van der Waals surface area (Å²) in [5.41, 5.74) is 7.06. The van der Waals surface area contributed by atoms with Gasteiger partial charge in [-0.1, -0.05) is 49.4 Å². The maximum absolute atomic E-state index is 14.1. The van der Waals surface area contributed by atoms with Crippen molar-refractivity contribution >= 4 is 17.7 Å². The Morgan fingerprint density at radius 2 is 1.67 bits per heavy atom. The van der Waals surface area contributed by atoms with Crippen LogP contribution in [0, 0.1) is 11.8 Å². The van der Waals surface area contributed by atoms with Crippen LogP contribution in [0.3, 0.4) is 0 Å². The number of aryl methyl sites for hydroxylation is 1. The fourth-order valence-corrected chi connectivity index (χ4v) is 6.07. The van der Waals surface area contributed by atoms with Crippen LogP contribution >= 0.6 is 0 Å². The first-order valence-electron chi connectivity index (χ1n) is 16.3. The molecule has 9 heteroatoms. The number of nitrogens with one attached hydrogen (secondary N) is 2. The summed E-state index contributed by atoms with van der Waals surface area (Å²) in [6.07, 6.45) is 6.76. The molecule has 2 unspecified atom stereocenters. The SMILES string of the molecule is COc1ccc(C(C(=O)N2CCC(C)CC2)C2C=C(NC(=O)[C@@H](CCCc3ccccc3)NC(=O)C(C)(C)N)N(C)CC2)cc1. The van der Waals surface area contributed by atoms with E-state index in [0.29, 0.717) is 31.1 Å². The van der Waals surface area contributed by atoms with Crippen LogP contribution in [0.15, 0.2) is 66.5 Å². The molecule has 3 atom stereocenters. The molecular weight excluding hydrogens is 566 g/mol. The molecule has 9 nitrogen and oxygen atoms in total. The van der Waals surface area contributed by atoms with Crippen molar-refractivity contribution in [2.24, 2.45) is 17.6 Å². The molecule has 0 bridgehead atoms. The minimum Gasteiger partial charge on any atom is -0.497 e. The van der Waals surface area contributed by atoms with Crippen LogP contribution in [0.1, 0.15) is 69.9 Å². The Morgan fingerprint density at radius 3 is 2.29 bits per heavy atom. The van der Waals surface area contributed by atoms with Gasteiger partial charge in [0.1, 0.15) is 17.6 Å². The Morgan fingerprint density at radius 1 is 1.00 bits per heavy atom. The van der Waals surface area contributed by atoms with Crippen LogP contribution in [0.5, 0.6) is 5.75 Å². The van der Waals surface area contributed by atoms with Gasteiger partial charge in [0.15, 0.2) is 0 Å². The number of hydrogen-bond donors (Lipinski definition) is 3. The van der Waals surface area contributed by atoms with Gasteiger partial charge in [-0.05, 0) is 93.5 Å². The Labute approximate surface area is 268 Å². The zero-order valence-electron chi connectivity index (χ0n) is 27.6. The molecule has 0 radical (unpaired) electrons. The molecule has 45 heavy (non-hydrogen) atoms. The van der Waals surface area contributed by atoms with E-state index in [0.717, 1.165) is 50.1 Å². The molecule has 0 saturated carbocycles. The van der Waals surface area contributed by atoms with Crippen molar-refractivity contribution in [1.29, 1.82) is 0 Å². The molecule has 0 spiro atoms. The number of allylic oxidation sites excluding steroid dienone is 1. The Balaban J connectivity index is 1.56. The van der Waals surface area contributed by atoms with Crippen LogP contribution in [0.2, 0.25) is 0 Å². The summed E-state index contributed by atoms with van der Waals surface area (Å²) in [4.78, 5) is 44.8. The number of rotatable bonds is 12. The molecule has 2 aromatic rings. The van der Waals surface area contributed by atoms with Gasteiger partial charge in [-0.3, -0.25) is 14.4 Å². The molecule has 0 aliphatic carbocycles.